The topological polar surface area (TPSA) is 54.1 Å². The molecule has 4 nitrogen and oxygen atoms in total. The molecule has 0 aliphatic rings. The molecule has 2 rings (SSSR count). The highest BCUT2D eigenvalue weighted by Crippen LogP contribution is 2.19. The molecule has 0 unspecified atom stereocenters. The monoisotopic (exact) mass is 272 g/mol. The third-order valence-corrected chi connectivity index (χ3v) is 3.09. The Balaban J connectivity index is 2.21. The molecule has 0 spiro atoms. The van der Waals surface area contributed by atoms with Crippen molar-refractivity contribution in [1.29, 1.82) is 0 Å². The molecule has 0 bridgehead atoms. The van der Waals surface area contributed by atoms with Gasteiger partial charge in [-0.1, -0.05) is 19.9 Å². The van der Waals surface area contributed by atoms with E-state index in [0.29, 0.717) is 12.6 Å². The van der Waals surface area contributed by atoms with Gasteiger partial charge in [0.1, 0.15) is 5.75 Å². The summed E-state index contributed by atoms with van der Waals surface area (Å²) in [6, 6.07) is 11.8. The zero-order chi connectivity index (χ0) is 14.5. The van der Waals surface area contributed by atoms with Crippen molar-refractivity contribution in [3.05, 3.63) is 52.3 Å². The molecule has 4 heteroatoms. The van der Waals surface area contributed by atoms with Crippen LogP contribution in [0.25, 0.3) is 11.3 Å². The standard InChI is InChI=1S/C16H20N2O2/c1-11(2)17-10-13-6-9-15(18-16(13)19)12-4-7-14(20-3)8-5-12/h4-9,11,17H,10H2,1-3H3,(H,18,19). The van der Waals surface area contributed by atoms with E-state index in [1.807, 2.05) is 36.4 Å². The summed E-state index contributed by atoms with van der Waals surface area (Å²) >= 11 is 0. The molecular weight excluding hydrogens is 252 g/mol. The summed E-state index contributed by atoms with van der Waals surface area (Å²) in [5.74, 6) is 0.800. The smallest absolute Gasteiger partial charge is 0.252 e. The van der Waals surface area contributed by atoms with Gasteiger partial charge in [0.15, 0.2) is 0 Å². The van der Waals surface area contributed by atoms with Crippen molar-refractivity contribution in [3.8, 4) is 17.0 Å². The highest BCUT2D eigenvalue weighted by Gasteiger charge is 2.04. The second kappa shape index (κ2) is 6.39. The molecular formula is C16H20N2O2. The molecule has 1 aromatic heterocycles. The Kier molecular flexibility index (Phi) is 4.58. The number of hydrogen-bond acceptors (Lipinski definition) is 3. The molecule has 0 aliphatic heterocycles. The van der Waals surface area contributed by atoms with E-state index in [9.17, 15) is 4.79 Å². The predicted molar refractivity (Wildman–Crippen MR) is 81.0 cm³/mol. The number of rotatable bonds is 5. The number of hydrogen-bond donors (Lipinski definition) is 2. The van der Waals surface area contributed by atoms with Gasteiger partial charge in [0.25, 0.3) is 5.56 Å². The first-order valence-electron chi connectivity index (χ1n) is 6.70. The summed E-state index contributed by atoms with van der Waals surface area (Å²) in [5, 5.41) is 3.24. The second-order valence-electron chi connectivity index (χ2n) is 4.99. The Morgan fingerprint density at radius 3 is 2.40 bits per heavy atom. The minimum Gasteiger partial charge on any atom is -0.497 e. The largest absolute Gasteiger partial charge is 0.497 e. The third-order valence-electron chi connectivity index (χ3n) is 3.09. The lowest BCUT2D eigenvalue weighted by atomic mass is 10.1. The average molecular weight is 272 g/mol. The number of benzene rings is 1. The Morgan fingerprint density at radius 1 is 1.15 bits per heavy atom. The van der Waals surface area contributed by atoms with E-state index in [1.54, 1.807) is 7.11 Å². The molecule has 2 aromatic rings. The van der Waals surface area contributed by atoms with Crippen molar-refractivity contribution < 1.29 is 4.74 Å². The van der Waals surface area contributed by atoms with E-state index in [4.69, 9.17) is 4.74 Å². The number of nitrogens with one attached hydrogen (secondary N) is 2. The summed E-state index contributed by atoms with van der Waals surface area (Å²) in [6.07, 6.45) is 0. The number of aromatic amines is 1. The van der Waals surface area contributed by atoms with Crippen LogP contribution in [0.2, 0.25) is 0 Å². The third kappa shape index (κ3) is 3.48. The van der Waals surface area contributed by atoms with Crippen LogP contribution in [0.1, 0.15) is 19.4 Å². The summed E-state index contributed by atoms with van der Waals surface area (Å²) in [5.41, 5.74) is 2.47. The Bertz CT molecular complexity index is 615. The molecule has 0 aliphatic carbocycles. The van der Waals surface area contributed by atoms with Crippen LogP contribution in [-0.4, -0.2) is 18.1 Å². The van der Waals surface area contributed by atoms with Crippen molar-refractivity contribution in [1.82, 2.24) is 10.3 Å². The number of pyridine rings is 1. The minimum atomic E-state index is -0.0496. The Labute approximate surface area is 118 Å². The van der Waals surface area contributed by atoms with Crippen LogP contribution in [-0.2, 0) is 6.54 Å². The van der Waals surface area contributed by atoms with Crippen LogP contribution in [0.15, 0.2) is 41.2 Å². The number of aromatic nitrogens is 1. The molecule has 0 fully saturated rings. The zero-order valence-electron chi connectivity index (χ0n) is 12.1. The van der Waals surface area contributed by atoms with Gasteiger partial charge in [-0.3, -0.25) is 4.79 Å². The molecule has 20 heavy (non-hydrogen) atoms. The van der Waals surface area contributed by atoms with Crippen LogP contribution in [0.5, 0.6) is 5.75 Å². The van der Waals surface area contributed by atoms with E-state index in [1.165, 1.54) is 0 Å². The number of methoxy groups -OCH3 is 1. The molecule has 0 saturated carbocycles. The van der Waals surface area contributed by atoms with E-state index in [2.05, 4.69) is 24.1 Å². The van der Waals surface area contributed by atoms with Crippen LogP contribution in [0.3, 0.4) is 0 Å². The zero-order valence-corrected chi connectivity index (χ0v) is 12.1. The van der Waals surface area contributed by atoms with Crippen molar-refractivity contribution in [2.75, 3.05) is 7.11 Å². The van der Waals surface area contributed by atoms with Gasteiger partial charge < -0.3 is 15.0 Å². The number of ether oxygens (including phenoxy) is 1. The molecule has 1 heterocycles. The first-order chi connectivity index (χ1) is 9.60. The molecule has 2 N–H and O–H groups in total. The van der Waals surface area contributed by atoms with Crippen molar-refractivity contribution >= 4 is 0 Å². The van der Waals surface area contributed by atoms with Gasteiger partial charge in [-0.15, -0.1) is 0 Å². The Morgan fingerprint density at radius 2 is 1.85 bits per heavy atom. The fourth-order valence-electron chi connectivity index (χ4n) is 1.90. The predicted octanol–water partition coefficient (Wildman–Crippen LogP) is 2.55. The van der Waals surface area contributed by atoms with Gasteiger partial charge in [-0.05, 0) is 35.9 Å². The molecule has 1 aromatic carbocycles. The summed E-state index contributed by atoms with van der Waals surface area (Å²) in [6.45, 7) is 4.69. The van der Waals surface area contributed by atoms with E-state index < -0.39 is 0 Å². The fraction of sp³-hybridized carbons (Fsp3) is 0.312. The molecule has 0 radical (unpaired) electrons. The highest BCUT2D eigenvalue weighted by atomic mass is 16.5. The SMILES string of the molecule is COc1ccc(-c2ccc(CNC(C)C)c(=O)[nH]2)cc1. The second-order valence-corrected chi connectivity index (χ2v) is 4.99. The van der Waals surface area contributed by atoms with Gasteiger partial charge >= 0.3 is 0 Å². The van der Waals surface area contributed by atoms with Crippen LogP contribution in [0, 0.1) is 0 Å². The van der Waals surface area contributed by atoms with Crippen molar-refractivity contribution in [2.24, 2.45) is 0 Å². The first kappa shape index (κ1) is 14.3. The average Bonchev–Trinajstić information content (AvgIpc) is 2.46. The maximum atomic E-state index is 12.0. The van der Waals surface area contributed by atoms with Crippen molar-refractivity contribution in [3.63, 3.8) is 0 Å². The summed E-state index contributed by atoms with van der Waals surface area (Å²) in [4.78, 5) is 14.9. The minimum absolute atomic E-state index is 0.0496. The van der Waals surface area contributed by atoms with Gasteiger partial charge in [0, 0.05) is 23.8 Å². The van der Waals surface area contributed by atoms with Crippen LogP contribution < -0.4 is 15.6 Å². The normalized spacial score (nSPS) is 10.8. The van der Waals surface area contributed by atoms with Gasteiger partial charge in [0.2, 0.25) is 0 Å². The van der Waals surface area contributed by atoms with Gasteiger partial charge in [-0.2, -0.15) is 0 Å². The lowest BCUT2D eigenvalue weighted by Crippen LogP contribution is -2.26. The van der Waals surface area contributed by atoms with E-state index in [-0.39, 0.29) is 5.56 Å². The lowest BCUT2D eigenvalue weighted by Gasteiger charge is -2.08. The van der Waals surface area contributed by atoms with E-state index in [0.717, 1.165) is 22.6 Å². The van der Waals surface area contributed by atoms with E-state index >= 15 is 0 Å². The van der Waals surface area contributed by atoms with Gasteiger partial charge in [0.05, 0.1) is 7.11 Å². The van der Waals surface area contributed by atoms with Crippen molar-refractivity contribution in [2.45, 2.75) is 26.4 Å². The van der Waals surface area contributed by atoms with Crippen LogP contribution in [0.4, 0.5) is 0 Å². The number of H-pyrrole nitrogens is 1. The lowest BCUT2D eigenvalue weighted by molar-refractivity contribution is 0.415. The molecule has 0 saturated heterocycles. The molecule has 106 valence electrons. The molecule has 0 amide bonds. The Hall–Kier alpha value is -2.07. The van der Waals surface area contributed by atoms with Crippen LogP contribution >= 0.6 is 0 Å². The fourth-order valence-corrected chi connectivity index (χ4v) is 1.90. The summed E-state index contributed by atoms with van der Waals surface area (Å²) in [7, 11) is 1.63. The summed E-state index contributed by atoms with van der Waals surface area (Å²) < 4.78 is 5.12. The van der Waals surface area contributed by atoms with Gasteiger partial charge in [-0.25, -0.2) is 0 Å². The maximum absolute atomic E-state index is 12.0. The highest BCUT2D eigenvalue weighted by molar-refractivity contribution is 5.60. The first-order valence-corrected chi connectivity index (χ1v) is 6.70. The quantitative estimate of drug-likeness (QED) is 0.879. The maximum Gasteiger partial charge on any atom is 0.252 e. The molecule has 0 atom stereocenters.